The molecule has 0 saturated heterocycles. The molecule has 0 spiro atoms. The number of rotatable bonds is 1. The van der Waals surface area contributed by atoms with Crippen LogP contribution in [-0.4, -0.2) is 4.98 Å². The molecule has 2 aliphatic rings. The second-order valence-electron chi connectivity index (χ2n) is 12.4. The van der Waals surface area contributed by atoms with Crippen LogP contribution in [-0.2, 0) is 6.42 Å². The van der Waals surface area contributed by atoms with Gasteiger partial charge in [-0.3, -0.25) is 0 Å². The summed E-state index contributed by atoms with van der Waals surface area (Å²) >= 11 is 0. The van der Waals surface area contributed by atoms with E-state index in [-0.39, 0.29) is 6.04 Å². The average Bonchev–Trinajstić information content (AvgIpc) is 3.38. The van der Waals surface area contributed by atoms with Gasteiger partial charge in [0, 0.05) is 52.7 Å². The molecule has 0 saturated carbocycles. The van der Waals surface area contributed by atoms with Crippen molar-refractivity contribution in [3.8, 4) is 22.5 Å². The zero-order valence-electron chi connectivity index (χ0n) is 24.5. The number of aryl methyl sites for hydroxylation is 2. The van der Waals surface area contributed by atoms with Gasteiger partial charge in [0.25, 0.3) is 0 Å². The van der Waals surface area contributed by atoms with Gasteiger partial charge in [0.1, 0.15) is 0 Å². The quantitative estimate of drug-likeness (QED) is 0.193. The lowest BCUT2D eigenvalue weighted by Crippen LogP contribution is -2.49. The van der Waals surface area contributed by atoms with E-state index in [1.54, 1.807) is 0 Å². The average molecular weight is 550 g/mol. The van der Waals surface area contributed by atoms with E-state index in [4.69, 9.17) is 11.0 Å². The normalized spacial score (nSPS) is 17.9. The summed E-state index contributed by atoms with van der Waals surface area (Å²) in [5, 5.41) is 2.17. The van der Waals surface area contributed by atoms with Crippen LogP contribution in [0.5, 0.6) is 0 Å². The molecule has 6 heterocycles. The Morgan fingerprint density at radius 3 is 2.69 bits per heavy atom. The zero-order valence-corrected chi connectivity index (χ0v) is 24.5. The van der Waals surface area contributed by atoms with Crippen molar-refractivity contribution in [2.45, 2.75) is 57.9 Å². The van der Waals surface area contributed by atoms with E-state index in [0.717, 1.165) is 47.0 Å². The molecule has 2 aliphatic heterocycles. The molecular weight excluding hydrogens is 514 g/mol. The first-order valence-corrected chi connectivity index (χ1v) is 15.1. The number of aromatic nitrogens is 3. The topological polar surface area (TPSA) is 33.8 Å². The molecule has 6 aromatic rings. The highest BCUT2D eigenvalue weighted by atomic mass is 16.3. The standard InChI is InChI=1S/C38H35N3O/c1-23(2)27-16-19-40-25(4)21-34-30(28-8-5-6-9-29(28)33-20-24(3)15-18-41(33)34)13-11-26-12-14-31-32-10-7-17-39-38(32)42-37(31)36(26)35(40)22-27/h5-10,12,14-20,22-23,30,34H,4,11,13,21H2,1-3H3/q+2. The van der Waals surface area contributed by atoms with E-state index in [0.29, 0.717) is 17.5 Å². The van der Waals surface area contributed by atoms with Crippen molar-refractivity contribution >= 4 is 27.8 Å². The number of benzene rings is 2. The Balaban J connectivity index is 1.39. The van der Waals surface area contributed by atoms with Crippen molar-refractivity contribution in [3.05, 3.63) is 120 Å². The summed E-state index contributed by atoms with van der Waals surface area (Å²) in [7, 11) is 0. The zero-order chi connectivity index (χ0) is 28.5. The lowest BCUT2D eigenvalue weighted by atomic mass is 9.77. The molecule has 0 bridgehead atoms. The molecule has 2 atom stereocenters. The first-order chi connectivity index (χ1) is 20.5. The minimum atomic E-state index is 0.272. The molecule has 0 fully saturated rings. The lowest BCUT2D eigenvalue weighted by Gasteiger charge is -2.31. The SMILES string of the molecule is C=C1CC2C(CCc3ccc4c(oc5ncccc54)c3-c3cc(C(C)C)cc[n+]31)c1ccccc1-c1cc(C)cc[n+]12. The predicted octanol–water partition coefficient (Wildman–Crippen LogP) is 8.47. The van der Waals surface area contributed by atoms with Crippen molar-refractivity contribution in [2.24, 2.45) is 0 Å². The summed E-state index contributed by atoms with van der Waals surface area (Å²) < 4.78 is 11.4. The first-order valence-electron chi connectivity index (χ1n) is 15.1. The molecule has 0 amide bonds. The van der Waals surface area contributed by atoms with Crippen molar-refractivity contribution in [2.75, 3.05) is 0 Å². The summed E-state index contributed by atoms with van der Waals surface area (Å²) in [4.78, 5) is 4.57. The van der Waals surface area contributed by atoms with Crippen molar-refractivity contribution in [1.82, 2.24) is 4.98 Å². The molecule has 4 heteroatoms. The second-order valence-corrected chi connectivity index (χ2v) is 12.4. The Hall–Kier alpha value is -4.57. The molecule has 4 nitrogen and oxygen atoms in total. The van der Waals surface area contributed by atoms with Gasteiger partial charge in [0.05, 0.1) is 12.0 Å². The molecule has 4 aromatic heterocycles. The summed E-state index contributed by atoms with van der Waals surface area (Å²) in [5.41, 5.74) is 13.0. The van der Waals surface area contributed by atoms with E-state index >= 15 is 0 Å². The Morgan fingerprint density at radius 1 is 0.929 bits per heavy atom. The smallest absolute Gasteiger partial charge is 0.227 e. The van der Waals surface area contributed by atoms with Gasteiger partial charge in [-0.05, 0) is 72.7 Å². The maximum atomic E-state index is 6.57. The van der Waals surface area contributed by atoms with E-state index < -0.39 is 0 Å². The lowest BCUT2D eigenvalue weighted by molar-refractivity contribution is -0.720. The predicted molar refractivity (Wildman–Crippen MR) is 168 cm³/mol. The number of fused-ring (bicyclic) bond motifs is 13. The fraction of sp³-hybridized carbons (Fsp3) is 0.237. The summed E-state index contributed by atoms with van der Waals surface area (Å²) in [6, 6.07) is 27.1. The van der Waals surface area contributed by atoms with Crippen LogP contribution in [0.15, 0.2) is 102 Å². The molecule has 0 radical (unpaired) electrons. The number of pyridine rings is 3. The highest BCUT2D eigenvalue weighted by Gasteiger charge is 2.42. The molecule has 42 heavy (non-hydrogen) atoms. The summed E-state index contributed by atoms with van der Waals surface area (Å²) in [6.45, 7) is 11.4. The van der Waals surface area contributed by atoms with Crippen LogP contribution >= 0.6 is 0 Å². The molecule has 2 aromatic carbocycles. The van der Waals surface area contributed by atoms with E-state index in [9.17, 15) is 0 Å². The largest absolute Gasteiger partial charge is 0.437 e. The third-order valence-electron chi connectivity index (χ3n) is 9.51. The minimum Gasteiger partial charge on any atom is -0.437 e. The Kier molecular flexibility index (Phi) is 5.68. The number of nitrogens with zero attached hydrogens (tertiary/aromatic N) is 3. The van der Waals surface area contributed by atoms with Gasteiger partial charge >= 0.3 is 0 Å². The number of furan rings is 1. The highest BCUT2D eigenvalue weighted by Crippen LogP contribution is 2.45. The fourth-order valence-corrected chi connectivity index (χ4v) is 7.36. The number of hydrogen-bond acceptors (Lipinski definition) is 2. The molecular formula is C38H35N3O+2. The maximum Gasteiger partial charge on any atom is 0.227 e. The summed E-state index contributed by atoms with van der Waals surface area (Å²) in [6.07, 6.45) is 9.17. The van der Waals surface area contributed by atoms with E-state index in [2.05, 4.69) is 114 Å². The van der Waals surface area contributed by atoms with Gasteiger partial charge in [0.2, 0.25) is 17.1 Å². The van der Waals surface area contributed by atoms with Gasteiger partial charge in [0.15, 0.2) is 29.7 Å². The first kappa shape index (κ1) is 25.2. The van der Waals surface area contributed by atoms with Crippen LogP contribution in [0.3, 0.4) is 0 Å². The highest BCUT2D eigenvalue weighted by molar-refractivity contribution is 6.08. The van der Waals surface area contributed by atoms with Crippen LogP contribution in [0.25, 0.3) is 50.3 Å². The molecule has 206 valence electrons. The van der Waals surface area contributed by atoms with Crippen LogP contribution in [0.2, 0.25) is 0 Å². The Morgan fingerprint density at radius 2 is 1.81 bits per heavy atom. The second kappa shape index (κ2) is 9.49. The third kappa shape index (κ3) is 3.78. The minimum absolute atomic E-state index is 0.272. The monoisotopic (exact) mass is 549 g/mol. The van der Waals surface area contributed by atoms with Crippen LogP contribution in [0.4, 0.5) is 0 Å². The van der Waals surface area contributed by atoms with Crippen LogP contribution in [0, 0.1) is 6.92 Å². The Bertz CT molecular complexity index is 2050. The van der Waals surface area contributed by atoms with Crippen molar-refractivity contribution < 1.29 is 13.6 Å². The van der Waals surface area contributed by atoms with Crippen molar-refractivity contribution in [3.63, 3.8) is 0 Å². The molecule has 2 unspecified atom stereocenters. The van der Waals surface area contributed by atoms with Gasteiger partial charge in [-0.15, -0.1) is 0 Å². The van der Waals surface area contributed by atoms with Gasteiger partial charge in [-0.1, -0.05) is 44.2 Å². The van der Waals surface area contributed by atoms with E-state index in [1.807, 2.05) is 12.3 Å². The van der Waals surface area contributed by atoms with Gasteiger partial charge in [-0.25, -0.2) is 4.98 Å². The fourth-order valence-electron chi connectivity index (χ4n) is 7.36. The molecule has 0 N–H and O–H groups in total. The maximum absolute atomic E-state index is 6.57. The van der Waals surface area contributed by atoms with Crippen molar-refractivity contribution in [1.29, 1.82) is 0 Å². The Labute approximate surface area is 246 Å². The van der Waals surface area contributed by atoms with Gasteiger partial charge in [-0.2, -0.15) is 9.13 Å². The molecule has 0 aliphatic carbocycles. The van der Waals surface area contributed by atoms with Crippen LogP contribution < -0.4 is 9.13 Å². The molecule has 8 rings (SSSR count). The van der Waals surface area contributed by atoms with Crippen LogP contribution in [0.1, 0.15) is 66.8 Å². The summed E-state index contributed by atoms with van der Waals surface area (Å²) in [5.74, 6) is 0.764. The third-order valence-corrected chi connectivity index (χ3v) is 9.51. The number of allylic oxidation sites excluding steroid dienone is 1. The van der Waals surface area contributed by atoms with E-state index in [1.165, 1.54) is 39.1 Å². The number of hydrogen-bond donors (Lipinski definition) is 0. The van der Waals surface area contributed by atoms with Gasteiger partial charge < -0.3 is 4.42 Å².